The largest absolute Gasteiger partial charge is 0.341 e. The quantitative estimate of drug-likeness (QED) is 0.729. The number of hydrogen-bond donors (Lipinski definition) is 1. The first-order valence-electron chi connectivity index (χ1n) is 5.35. The zero-order valence-electron chi connectivity index (χ0n) is 9.49. The van der Waals surface area contributed by atoms with Gasteiger partial charge in [-0.1, -0.05) is 11.6 Å². The minimum Gasteiger partial charge on any atom is -0.341 e. The normalized spacial score (nSPS) is 11.5. The lowest BCUT2D eigenvalue weighted by atomic mass is 10.2. The van der Waals surface area contributed by atoms with Gasteiger partial charge in [0.25, 0.3) is 0 Å². The van der Waals surface area contributed by atoms with Gasteiger partial charge < -0.3 is 4.57 Å². The molecule has 0 spiro atoms. The highest BCUT2D eigenvalue weighted by Gasteiger charge is 2.09. The first kappa shape index (κ1) is 10.6. The SMILES string of the molecule is Cc1ccc2c(c1)cc(CS)n2C(C)C. The third-order valence-corrected chi connectivity index (χ3v) is 3.08. The standard InChI is InChI=1S/C13H17NS/c1-9(2)14-12(8-15)7-11-6-10(3)4-5-13(11)14/h4-7,9,15H,8H2,1-3H3. The van der Waals surface area contributed by atoms with Crippen molar-refractivity contribution in [2.24, 2.45) is 0 Å². The van der Waals surface area contributed by atoms with Crippen LogP contribution in [0, 0.1) is 6.92 Å². The van der Waals surface area contributed by atoms with E-state index in [9.17, 15) is 0 Å². The zero-order valence-corrected chi connectivity index (χ0v) is 10.4. The molecule has 2 rings (SSSR count). The fraction of sp³-hybridized carbons (Fsp3) is 0.385. The Morgan fingerprint density at radius 2 is 2.00 bits per heavy atom. The fourth-order valence-corrected chi connectivity index (χ4v) is 2.39. The van der Waals surface area contributed by atoms with Gasteiger partial charge in [-0.2, -0.15) is 12.6 Å². The highest BCUT2D eigenvalue weighted by atomic mass is 32.1. The summed E-state index contributed by atoms with van der Waals surface area (Å²) >= 11 is 4.39. The average molecular weight is 219 g/mol. The Balaban J connectivity index is 2.74. The lowest BCUT2D eigenvalue weighted by Gasteiger charge is -2.13. The van der Waals surface area contributed by atoms with Gasteiger partial charge in [-0.15, -0.1) is 0 Å². The predicted octanol–water partition coefficient (Wildman–Crippen LogP) is 3.96. The molecule has 0 aliphatic heterocycles. The van der Waals surface area contributed by atoms with Crippen molar-refractivity contribution < 1.29 is 0 Å². The highest BCUT2D eigenvalue weighted by molar-refractivity contribution is 7.79. The van der Waals surface area contributed by atoms with Gasteiger partial charge in [-0.25, -0.2) is 0 Å². The highest BCUT2D eigenvalue weighted by Crippen LogP contribution is 2.25. The van der Waals surface area contributed by atoms with Gasteiger partial charge in [0, 0.05) is 28.4 Å². The van der Waals surface area contributed by atoms with Crippen LogP contribution < -0.4 is 0 Å². The molecule has 0 N–H and O–H groups in total. The minimum atomic E-state index is 0.493. The number of aryl methyl sites for hydroxylation is 1. The third-order valence-electron chi connectivity index (χ3n) is 2.75. The van der Waals surface area contributed by atoms with E-state index in [-0.39, 0.29) is 0 Å². The third kappa shape index (κ3) is 1.78. The van der Waals surface area contributed by atoms with Crippen molar-refractivity contribution in [3.8, 4) is 0 Å². The smallest absolute Gasteiger partial charge is 0.0485 e. The van der Waals surface area contributed by atoms with E-state index < -0.39 is 0 Å². The molecule has 0 aliphatic rings. The molecular weight excluding hydrogens is 202 g/mol. The summed E-state index contributed by atoms with van der Waals surface area (Å²) in [5.74, 6) is 0.798. The van der Waals surface area contributed by atoms with E-state index in [2.05, 4.69) is 62.2 Å². The van der Waals surface area contributed by atoms with Crippen molar-refractivity contribution in [3.05, 3.63) is 35.5 Å². The van der Waals surface area contributed by atoms with Crippen LogP contribution in [0.4, 0.5) is 0 Å². The summed E-state index contributed by atoms with van der Waals surface area (Å²) in [6.07, 6.45) is 0. The van der Waals surface area contributed by atoms with E-state index >= 15 is 0 Å². The van der Waals surface area contributed by atoms with Gasteiger partial charge >= 0.3 is 0 Å². The van der Waals surface area contributed by atoms with Crippen LogP contribution >= 0.6 is 12.6 Å². The summed E-state index contributed by atoms with van der Waals surface area (Å²) in [5, 5.41) is 1.33. The molecule has 0 saturated carbocycles. The van der Waals surface area contributed by atoms with Crippen LogP contribution in [-0.4, -0.2) is 4.57 Å². The van der Waals surface area contributed by atoms with E-state index in [1.807, 2.05) is 0 Å². The summed E-state index contributed by atoms with van der Waals surface area (Å²) in [4.78, 5) is 0. The van der Waals surface area contributed by atoms with E-state index in [0.717, 1.165) is 5.75 Å². The molecule has 0 unspecified atom stereocenters. The molecule has 1 aromatic carbocycles. The topological polar surface area (TPSA) is 4.93 Å². The molecule has 0 atom stereocenters. The first-order chi connectivity index (χ1) is 7.13. The van der Waals surface area contributed by atoms with Crippen molar-refractivity contribution in [1.29, 1.82) is 0 Å². The van der Waals surface area contributed by atoms with Gasteiger partial charge in [-0.05, 0) is 39.0 Å². The molecule has 15 heavy (non-hydrogen) atoms. The number of aromatic nitrogens is 1. The monoisotopic (exact) mass is 219 g/mol. The summed E-state index contributed by atoms with van der Waals surface area (Å²) in [6, 6.07) is 9.35. The van der Waals surface area contributed by atoms with Crippen LogP contribution in [0.1, 0.15) is 31.1 Å². The van der Waals surface area contributed by atoms with Gasteiger partial charge in [0.05, 0.1) is 0 Å². The maximum absolute atomic E-state index is 4.39. The Labute approximate surface area is 96.5 Å². The maximum atomic E-state index is 4.39. The molecule has 0 radical (unpaired) electrons. The Hall–Kier alpha value is -0.890. The number of rotatable bonds is 2. The Bertz CT molecular complexity index is 482. The molecule has 1 nitrogen and oxygen atoms in total. The van der Waals surface area contributed by atoms with Crippen molar-refractivity contribution in [2.45, 2.75) is 32.6 Å². The Morgan fingerprint density at radius 3 is 2.60 bits per heavy atom. The Morgan fingerprint density at radius 1 is 1.27 bits per heavy atom. The second-order valence-corrected chi connectivity index (χ2v) is 4.64. The van der Waals surface area contributed by atoms with Crippen LogP contribution in [0.25, 0.3) is 10.9 Å². The first-order valence-corrected chi connectivity index (χ1v) is 5.98. The van der Waals surface area contributed by atoms with Crippen molar-refractivity contribution in [3.63, 3.8) is 0 Å². The van der Waals surface area contributed by atoms with Crippen molar-refractivity contribution in [1.82, 2.24) is 4.57 Å². The van der Waals surface area contributed by atoms with Crippen LogP contribution in [0.15, 0.2) is 24.3 Å². The number of thiol groups is 1. The molecule has 0 amide bonds. The predicted molar refractivity (Wildman–Crippen MR) is 69.8 cm³/mol. The summed E-state index contributed by atoms with van der Waals surface area (Å²) < 4.78 is 2.36. The molecule has 2 heteroatoms. The van der Waals surface area contributed by atoms with Crippen molar-refractivity contribution in [2.75, 3.05) is 0 Å². The summed E-state index contributed by atoms with van der Waals surface area (Å²) in [7, 11) is 0. The summed E-state index contributed by atoms with van der Waals surface area (Å²) in [6.45, 7) is 6.56. The fourth-order valence-electron chi connectivity index (χ4n) is 2.14. The van der Waals surface area contributed by atoms with Gasteiger partial charge in [-0.3, -0.25) is 0 Å². The van der Waals surface area contributed by atoms with E-state index in [4.69, 9.17) is 0 Å². The second kappa shape index (κ2) is 3.93. The Kier molecular flexibility index (Phi) is 2.79. The lowest BCUT2D eigenvalue weighted by molar-refractivity contribution is 0.606. The zero-order chi connectivity index (χ0) is 11.0. The van der Waals surface area contributed by atoms with Crippen LogP contribution in [0.5, 0.6) is 0 Å². The number of hydrogen-bond acceptors (Lipinski definition) is 1. The van der Waals surface area contributed by atoms with E-state index in [1.165, 1.54) is 22.2 Å². The molecule has 0 saturated heterocycles. The van der Waals surface area contributed by atoms with Gasteiger partial charge in [0.2, 0.25) is 0 Å². The maximum Gasteiger partial charge on any atom is 0.0485 e. The van der Waals surface area contributed by atoms with Gasteiger partial charge in [0.1, 0.15) is 0 Å². The van der Waals surface area contributed by atoms with Gasteiger partial charge in [0.15, 0.2) is 0 Å². The molecule has 0 bridgehead atoms. The lowest BCUT2D eigenvalue weighted by Crippen LogP contribution is -2.03. The second-order valence-electron chi connectivity index (χ2n) is 4.32. The molecule has 0 fully saturated rings. The van der Waals surface area contributed by atoms with Crippen molar-refractivity contribution >= 4 is 23.5 Å². The number of fused-ring (bicyclic) bond motifs is 1. The van der Waals surface area contributed by atoms with Crippen LogP contribution in [0.2, 0.25) is 0 Å². The van der Waals surface area contributed by atoms with E-state index in [0.29, 0.717) is 6.04 Å². The molecule has 1 aromatic heterocycles. The van der Waals surface area contributed by atoms with Crippen LogP contribution in [-0.2, 0) is 5.75 Å². The minimum absolute atomic E-state index is 0.493. The van der Waals surface area contributed by atoms with E-state index in [1.54, 1.807) is 0 Å². The average Bonchev–Trinajstić information content (AvgIpc) is 2.54. The molecule has 1 heterocycles. The number of benzene rings is 1. The molecule has 80 valence electrons. The molecular formula is C13H17NS. The molecule has 2 aromatic rings. The van der Waals surface area contributed by atoms with Crippen LogP contribution in [0.3, 0.4) is 0 Å². The molecule has 0 aliphatic carbocycles. The summed E-state index contributed by atoms with van der Waals surface area (Å²) in [5.41, 5.74) is 3.93. The number of nitrogens with zero attached hydrogens (tertiary/aromatic N) is 1.